The minimum atomic E-state index is -0.789. The van der Waals surface area contributed by atoms with Crippen molar-refractivity contribution in [3.8, 4) is 0 Å². The van der Waals surface area contributed by atoms with Gasteiger partial charge in [-0.15, -0.1) is 0 Å². The predicted molar refractivity (Wildman–Crippen MR) is 54.1 cm³/mol. The lowest BCUT2D eigenvalue weighted by atomic mass is 10.2. The summed E-state index contributed by atoms with van der Waals surface area (Å²) in [4.78, 5) is 12.6. The molecule has 0 aliphatic rings. The third-order valence-electron chi connectivity index (χ3n) is 2.00. The quantitative estimate of drug-likeness (QED) is 0.771. The first-order chi connectivity index (χ1) is 6.49. The molecule has 78 valence electrons. The zero-order valence-electron chi connectivity index (χ0n) is 8.82. The molecule has 1 N–H and O–H groups in total. The fourth-order valence-corrected chi connectivity index (χ4v) is 1.47. The van der Waals surface area contributed by atoms with Crippen molar-refractivity contribution in [1.82, 2.24) is 9.47 Å². The van der Waals surface area contributed by atoms with Gasteiger partial charge in [0.15, 0.2) is 0 Å². The van der Waals surface area contributed by atoms with E-state index in [-0.39, 0.29) is 6.42 Å². The molecule has 0 aromatic carbocycles. The molecule has 4 nitrogen and oxygen atoms in total. The number of rotatable bonds is 4. The molecule has 0 saturated carbocycles. The van der Waals surface area contributed by atoms with E-state index in [0.717, 1.165) is 17.8 Å². The van der Waals surface area contributed by atoms with Crippen LogP contribution in [0.5, 0.6) is 0 Å². The summed E-state index contributed by atoms with van der Waals surface area (Å²) in [6.45, 7) is 0.841. The van der Waals surface area contributed by atoms with Crippen molar-refractivity contribution >= 4 is 5.97 Å². The maximum absolute atomic E-state index is 10.5. The van der Waals surface area contributed by atoms with E-state index in [0.29, 0.717) is 0 Å². The largest absolute Gasteiger partial charge is 0.481 e. The Morgan fingerprint density at radius 3 is 2.71 bits per heavy atom. The molecule has 0 atom stereocenters. The zero-order chi connectivity index (χ0) is 10.7. The van der Waals surface area contributed by atoms with Crippen molar-refractivity contribution in [1.29, 1.82) is 0 Å². The van der Waals surface area contributed by atoms with Gasteiger partial charge in [-0.1, -0.05) is 0 Å². The first-order valence-corrected chi connectivity index (χ1v) is 4.49. The molecule has 1 heterocycles. The number of hydrogen-bond acceptors (Lipinski definition) is 2. The summed E-state index contributed by atoms with van der Waals surface area (Å²) >= 11 is 0. The first-order valence-electron chi connectivity index (χ1n) is 4.49. The van der Waals surface area contributed by atoms with Crippen molar-refractivity contribution in [3.63, 3.8) is 0 Å². The van der Waals surface area contributed by atoms with Crippen LogP contribution in [0.15, 0.2) is 12.3 Å². The number of carbonyl (C=O) groups is 1. The van der Waals surface area contributed by atoms with Crippen LogP contribution in [0.1, 0.15) is 11.3 Å². The third kappa shape index (κ3) is 2.88. The molecule has 1 aromatic rings. The van der Waals surface area contributed by atoms with E-state index in [1.165, 1.54) is 0 Å². The average molecular weight is 196 g/mol. The molecule has 0 spiro atoms. The highest BCUT2D eigenvalue weighted by Crippen LogP contribution is 2.09. The molecule has 0 aliphatic heterocycles. The van der Waals surface area contributed by atoms with Gasteiger partial charge in [0.2, 0.25) is 0 Å². The molecule has 14 heavy (non-hydrogen) atoms. The number of nitrogens with zero attached hydrogens (tertiary/aromatic N) is 2. The molecule has 0 aliphatic carbocycles. The molecule has 4 heteroatoms. The lowest BCUT2D eigenvalue weighted by Gasteiger charge is -2.06. The minimum absolute atomic E-state index is 0.0872. The summed E-state index contributed by atoms with van der Waals surface area (Å²) in [5, 5.41) is 8.66. The van der Waals surface area contributed by atoms with Gasteiger partial charge < -0.3 is 14.6 Å². The molecule has 1 aromatic heterocycles. The van der Waals surface area contributed by atoms with Crippen molar-refractivity contribution in [2.75, 3.05) is 14.1 Å². The minimum Gasteiger partial charge on any atom is -0.481 e. The lowest BCUT2D eigenvalue weighted by molar-refractivity contribution is -0.136. The predicted octanol–water partition coefficient (Wildman–Crippen LogP) is 0.714. The maximum atomic E-state index is 10.5. The van der Waals surface area contributed by atoms with E-state index in [9.17, 15) is 4.79 Å². The van der Waals surface area contributed by atoms with Crippen LogP contribution in [0.2, 0.25) is 0 Å². The summed E-state index contributed by atoms with van der Waals surface area (Å²) in [6, 6.07) is 1.94. The average Bonchev–Trinajstić information content (AvgIpc) is 2.28. The second kappa shape index (κ2) is 4.28. The highest BCUT2D eigenvalue weighted by molar-refractivity contribution is 5.69. The number of carboxylic acids is 1. The molecule has 0 bridgehead atoms. The van der Waals surface area contributed by atoms with Crippen LogP contribution in [0.4, 0.5) is 0 Å². The Bertz CT molecular complexity index is 329. The number of carboxylic acid groups (broad SMARTS) is 1. The Morgan fingerprint density at radius 2 is 2.21 bits per heavy atom. The summed E-state index contributed by atoms with van der Waals surface area (Å²) in [7, 11) is 5.85. The fourth-order valence-electron chi connectivity index (χ4n) is 1.47. The van der Waals surface area contributed by atoms with Crippen LogP contribution < -0.4 is 0 Å². The summed E-state index contributed by atoms with van der Waals surface area (Å²) in [5.74, 6) is -0.789. The Kier molecular flexibility index (Phi) is 3.30. The van der Waals surface area contributed by atoms with Gasteiger partial charge in [0.25, 0.3) is 0 Å². The zero-order valence-corrected chi connectivity index (χ0v) is 8.82. The topological polar surface area (TPSA) is 45.5 Å². The number of aryl methyl sites for hydroxylation is 1. The normalized spacial score (nSPS) is 10.9. The molecule has 0 saturated heterocycles. The Labute approximate surface area is 83.8 Å². The van der Waals surface area contributed by atoms with Gasteiger partial charge in [0.05, 0.1) is 6.42 Å². The van der Waals surface area contributed by atoms with E-state index < -0.39 is 5.97 Å². The highest BCUT2D eigenvalue weighted by Gasteiger charge is 2.07. The number of aromatic nitrogens is 1. The van der Waals surface area contributed by atoms with E-state index in [2.05, 4.69) is 4.90 Å². The second-order valence-electron chi connectivity index (χ2n) is 3.76. The van der Waals surface area contributed by atoms with Crippen molar-refractivity contribution < 1.29 is 9.90 Å². The van der Waals surface area contributed by atoms with Gasteiger partial charge in [0.1, 0.15) is 0 Å². The van der Waals surface area contributed by atoms with E-state index in [1.807, 2.05) is 38.0 Å². The van der Waals surface area contributed by atoms with E-state index >= 15 is 0 Å². The molecular weight excluding hydrogens is 180 g/mol. The summed E-state index contributed by atoms with van der Waals surface area (Å²) in [6.07, 6.45) is 2.06. The van der Waals surface area contributed by atoms with Crippen molar-refractivity contribution in [2.24, 2.45) is 7.05 Å². The molecule has 0 fully saturated rings. The Balaban J connectivity index is 2.76. The maximum Gasteiger partial charge on any atom is 0.309 e. The van der Waals surface area contributed by atoms with Gasteiger partial charge in [-0.3, -0.25) is 4.79 Å². The van der Waals surface area contributed by atoms with Crippen LogP contribution in [-0.4, -0.2) is 34.6 Å². The molecule has 0 amide bonds. The third-order valence-corrected chi connectivity index (χ3v) is 2.00. The van der Waals surface area contributed by atoms with Crippen molar-refractivity contribution in [2.45, 2.75) is 13.0 Å². The highest BCUT2D eigenvalue weighted by atomic mass is 16.4. The molecule has 0 radical (unpaired) electrons. The number of aliphatic carboxylic acids is 1. The van der Waals surface area contributed by atoms with Crippen molar-refractivity contribution in [3.05, 3.63) is 23.5 Å². The van der Waals surface area contributed by atoms with Crippen LogP contribution in [0, 0.1) is 0 Å². The fraction of sp³-hybridized carbons (Fsp3) is 0.500. The first kappa shape index (κ1) is 10.8. The Hall–Kier alpha value is -1.29. The van der Waals surface area contributed by atoms with Gasteiger partial charge in [0, 0.05) is 25.5 Å². The number of hydrogen-bond donors (Lipinski definition) is 1. The van der Waals surface area contributed by atoms with E-state index in [4.69, 9.17) is 5.11 Å². The standard InChI is InChI=1S/C10H16N2O2/c1-11(2)6-8-4-9(5-10(13)14)12(3)7-8/h4,7H,5-6H2,1-3H3,(H,13,14). The monoisotopic (exact) mass is 196 g/mol. The van der Waals surface area contributed by atoms with Gasteiger partial charge in [-0.25, -0.2) is 0 Å². The molecule has 0 unspecified atom stereocenters. The molecule has 1 rings (SSSR count). The van der Waals surface area contributed by atoms with Gasteiger partial charge in [-0.2, -0.15) is 0 Å². The second-order valence-corrected chi connectivity index (χ2v) is 3.76. The smallest absolute Gasteiger partial charge is 0.309 e. The van der Waals surface area contributed by atoms with Crippen LogP contribution in [-0.2, 0) is 24.8 Å². The van der Waals surface area contributed by atoms with E-state index in [1.54, 1.807) is 0 Å². The van der Waals surface area contributed by atoms with Gasteiger partial charge in [-0.05, 0) is 25.7 Å². The molecular formula is C10H16N2O2. The SMILES string of the molecule is CN(C)Cc1cc(CC(=O)O)n(C)c1. The summed E-state index contributed by atoms with van der Waals surface area (Å²) < 4.78 is 1.87. The summed E-state index contributed by atoms with van der Waals surface area (Å²) in [5.41, 5.74) is 1.99. The van der Waals surface area contributed by atoms with Crippen LogP contribution in [0.3, 0.4) is 0 Å². The van der Waals surface area contributed by atoms with Crippen LogP contribution in [0.25, 0.3) is 0 Å². The Morgan fingerprint density at radius 1 is 1.57 bits per heavy atom. The lowest BCUT2D eigenvalue weighted by Crippen LogP contribution is -2.09. The van der Waals surface area contributed by atoms with Crippen LogP contribution >= 0.6 is 0 Å². The van der Waals surface area contributed by atoms with Gasteiger partial charge >= 0.3 is 5.97 Å².